The molecular weight excluding hydrogens is 634 g/mol. The van der Waals surface area contributed by atoms with E-state index >= 15 is 0 Å². The molecule has 7 nitrogen and oxygen atoms in total. The zero-order valence-electron chi connectivity index (χ0n) is 19.1. The van der Waals surface area contributed by atoms with Gasteiger partial charge in [0.05, 0.1) is 32.7 Å². The summed E-state index contributed by atoms with van der Waals surface area (Å²) in [6, 6.07) is 9.03. The third kappa shape index (κ3) is 5.95. The lowest BCUT2D eigenvalue weighted by molar-refractivity contribution is -0.150. The number of ether oxygens (including phenoxy) is 2. The smallest absolute Gasteiger partial charge is 0.347 e. The molecule has 0 radical (unpaired) electrons. The molecule has 0 bridgehead atoms. The minimum absolute atomic E-state index is 0.0384. The number of carbonyl (C=O) groups excluding carboxylic acids is 1. The summed E-state index contributed by atoms with van der Waals surface area (Å²) in [6.07, 6.45) is 1.63. The highest BCUT2D eigenvalue weighted by molar-refractivity contribution is 9.11. The molecule has 34 heavy (non-hydrogen) atoms. The Morgan fingerprint density at radius 3 is 2.44 bits per heavy atom. The van der Waals surface area contributed by atoms with E-state index in [0.29, 0.717) is 37.0 Å². The van der Waals surface area contributed by atoms with Crippen LogP contribution in [0.2, 0.25) is 0 Å². The van der Waals surface area contributed by atoms with Crippen molar-refractivity contribution in [1.29, 1.82) is 0 Å². The average molecular weight is 658 g/mol. The van der Waals surface area contributed by atoms with E-state index in [2.05, 4.69) is 52.9 Å². The monoisotopic (exact) mass is 655 g/mol. The van der Waals surface area contributed by atoms with Gasteiger partial charge in [-0.25, -0.2) is 9.78 Å². The zero-order chi connectivity index (χ0) is 25.0. The Morgan fingerprint density at radius 2 is 1.82 bits per heavy atom. The van der Waals surface area contributed by atoms with Crippen molar-refractivity contribution in [3.8, 4) is 5.75 Å². The van der Waals surface area contributed by atoms with E-state index in [-0.39, 0.29) is 18.1 Å². The van der Waals surface area contributed by atoms with Crippen molar-refractivity contribution in [2.75, 3.05) is 6.61 Å². The minimum Gasteiger partial charge on any atom is -0.477 e. The SMILES string of the molecule is CCOC(=O)[C@@H](C)Oc1c(Br)cc(C=Nn2c([C@H](C)CC)nc3ccc(Br)cc3c2=O)cc1Br. The number of carbonyl (C=O) groups is 1. The van der Waals surface area contributed by atoms with Crippen LogP contribution in [0.25, 0.3) is 10.9 Å². The Balaban J connectivity index is 2.00. The quantitative estimate of drug-likeness (QED) is 0.207. The number of hydrogen-bond donors (Lipinski definition) is 0. The third-order valence-corrected chi connectivity index (χ3v) is 6.81. The van der Waals surface area contributed by atoms with Crippen molar-refractivity contribution in [1.82, 2.24) is 9.66 Å². The Hall–Kier alpha value is -2.04. The largest absolute Gasteiger partial charge is 0.477 e. The first-order valence-electron chi connectivity index (χ1n) is 10.7. The van der Waals surface area contributed by atoms with Crippen LogP contribution < -0.4 is 10.3 Å². The van der Waals surface area contributed by atoms with Crippen LogP contribution in [-0.4, -0.2) is 34.6 Å². The van der Waals surface area contributed by atoms with Gasteiger partial charge in [-0.05, 0) is 88.0 Å². The number of fused-ring (bicyclic) bond motifs is 1. The fourth-order valence-electron chi connectivity index (χ4n) is 3.15. The predicted molar refractivity (Wildman–Crippen MR) is 144 cm³/mol. The van der Waals surface area contributed by atoms with Crippen molar-refractivity contribution < 1.29 is 14.3 Å². The van der Waals surface area contributed by atoms with E-state index in [1.807, 2.05) is 26.0 Å². The molecule has 3 rings (SSSR count). The van der Waals surface area contributed by atoms with E-state index in [1.54, 1.807) is 38.3 Å². The molecule has 0 amide bonds. The van der Waals surface area contributed by atoms with Gasteiger partial charge in [-0.2, -0.15) is 9.78 Å². The number of esters is 1. The van der Waals surface area contributed by atoms with Crippen molar-refractivity contribution in [3.05, 3.63) is 65.5 Å². The molecule has 180 valence electrons. The molecule has 2 atom stereocenters. The molecule has 2 aromatic carbocycles. The maximum Gasteiger partial charge on any atom is 0.347 e. The molecule has 1 aromatic heterocycles. The number of benzene rings is 2. The highest BCUT2D eigenvalue weighted by atomic mass is 79.9. The van der Waals surface area contributed by atoms with Crippen LogP contribution in [0.3, 0.4) is 0 Å². The number of rotatable bonds is 8. The van der Waals surface area contributed by atoms with Crippen molar-refractivity contribution >= 4 is 70.9 Å². The summed E-state index contributed by atoms with van der Waals surface area (Å²) < 4.78 is 14.2. The van der Waals surface area contributed by atoms with Crippen LogP contribution in [0, 0.1) is 0 Å². The van der Waals surface area contributed by atoms with Crippen LogP contribution in [-0.2, 0) is 9.53 Å². The second-order valence-electron chi connectivity index (χ2n) is 7.63. The number of halogens is 3. The topological polar surface area (TPSA) is 82.8 Å². The van der Waals surface area contributed by atoms with Crippen LogP contribution in [0.1, 0.15) is 51.4 Å². The fourth-order valence-corrected chi connectivity index (χ4v) is 4.92. The van der Waals surface area contributed by atoms with Gasteiger partial charge in [0.15, 0.2) is 6.10 Å². The van der Waals surface area contributed by atoms with Gasteiger partial charge in [-0.1, -0.05) is 29.8 Å². The molecule has 10 heteroatoms. The standard InChI is InChI=1S/C24H24Br3N3O4/c1-5-13(3)22-29-20-8-7-16(25)11-17(20)23(31)30(22)28-12-15-9-18(26)21(19(27)10-15)34-14(4)24(32)33-6-2/h7-14H,5-6H2,1-4H3/t13-,14-/m1/s1. The van der Waals surface area contributed by atoms with Gasteiger partial charge < -0.3 is 9.47 Å². The summed E-state index contributed by atoms with van der Waals surface area (Å²) in [7, 11) is 0. The average Bonchev–Trinajstić information content (AvgIpc) is 2.80. The van der Waals surface area contributed by atoms with Gasteiger partial charge in [0.2, 0.25) is 0 Å². The van der Waals surface area contributed by atoms with Crippen LogP contribution >= 0.6 is 47.8 Å². The van der Waals surface area contributed by atoms with Crippen LogP contribution in [0.5, 0.6) is 5.75 Å². The van der Waals surface area contributed by atoms with E-state index in [1.165, 1.54) is 4.68 Å². The molecule has 1 heterocycles. The third-order valence-electron chi connectivity index (χ3n) is 5.14. The predicted octanol–water partition coefficient (Wildman–Crippen LogP) is 6.41. The summed E-state index contributed by atoms with van der Waals surface area (Å²) in [5.74, 6) is 0.656. The lowest BCUT2D eigenvalue weighted by atomic mass is 10.1. The van der Waals surface area contributed by atoms with Gasteiger partial charge in [0.1, 0.15) is 11.6 Å². The van der Waals surface area contributed by atoms with Crippen molar-refractivity contribution in [2.45, 2.75) is 46.1 Å². The van der Waals surface area contributed by atoms with Crippen molar-refractivity contribution in [2.24, 2.45) is 5.10 Å². The Bertz CT molecular complexity index is 1280. The minimum atomic E-state index is -0.772. The summed E-state index contributed by atoms with van der Waals surface area (Å²) in [4.78, 5) is 29.9. The Morgan fingerprint density at radius 1 is 1.15 bits per heavy atom. The zero-order valence-corrected chi connectivity index (χ0v) is 23.9. The molecular formula is C24H24Br3N3O4. The maximum atomic E-state index is 13.3. The molecule has 0 N–H and O–H groups in total. The van der Waals surface area contributed by atoms with Crippen LogP contribution in [0.15, 0.2) is 53.6 Å². The molecule has 0 aliphatic carbocycles. The Labute approximate surface area is 222 Å². The number of hydrogen-bond acceptors (Lipinski definition) is 6. The molecule has 0 spiro atoms. The number of aromatic nitrogens is 2. The Kier molecular flexibility index (Phi) is 9.06. The highest BCUT2D eigenvalue weighted by Crippen LogP contribution is 2.35. The molecule has 3 aromatic rings. The van der Waals surface area contributed by atoms with Gasteiger partial charge in [0, 0.05) is 10.4 Å². The lowest BCUT2D eigenvalue weighted by Crippen LogP contribution is -2.26. The lowest BCUT2D eigenvalue weighted by Gasteiger charge is -2.16. The summed E-state index contributed by atoms with van der Waals surface area (Å²) >= 11 is 10.4. The summed E-state index contributed by atoms with van der Waals surface area (Å²) in [5.41, 5.74) is 1.11. The highest BCUT2D eigenvalue weighted by Gasteiger charge is 2.20. The second kappa shape index (κ2) is 11.6. The van der Waals surface area contributed by atoms with E-state index < -0.39 is 12.1 Å². The molecule has 0 aliphatic rings. The van der Waals surface area contributed by atoms with Gasteiger partial charge in [0.25, 0.3) is 5.56 Å². The van der Waals surface area contributed by atoms with Crippen molar-refractivity contribution in [3.63, 3.8) is 0 Å². The van der Waals surface area contributed by atoms with Gasteiger partial charge in [-0.15, -0.1) is 0 Å². The van der Waals surface area contributed by atoms with Crippen LogP contribution in [0.4, 0.5) is 0 Å². The molecule has 0 saturated heterocycles. The molecule has 0 saturated carbocycles. The van der Waals surface area contributed by atoms with Gasteiger partial charge >= 0.3 is 5.97 Å². The normalized spacial score (nSPS) is 13.3. The number of nitrogens with zero attached hydrogens (tertiary/aromatic N) is 3. The van der Waals surface area contributed by atoms with Gasteiger partial charge in [-0.3, -0.25) is 4.79 Å². The molecule has 0 unspecified atom stereocenters. The van der Waals surface area contributed by atoms with E-state index in [9.17, 15) is 9.59 Å². The van der Waals surface area contributed by atoms with E-state index in [0.717, 1.165) is 10.9 Å². The van der Waals surface area contributed by atoms with E-state index in [4.69, 9.17) is 14.5 Å². The molecule has 0 aliphatic heterocycles. The maximum absolute atomic E-state index is 13.3. The first-order chi connectivity index (χ1) is 16.2. The summed E-state index contributed by atoms with van der Waals surface area (Å²) in [5, 5.41) is 4.98. The first-order valence-corrected chi connectivity index (χ1v) is 13.1. The summed E-state index contributed by atoms with van der Waals surface area (Å²) in [6.45, 7) is 7.71. The molecule has 0 fully saturated rings. The fraction of sp³-hybridized carbons (Fsp3) is 0.333. The second-order valence-corrected chi connectivity index (χ2v) is 10.3. The first kappa shape index (κ1) is 26.6.